The number of hydrogen-bond acceptors (Lipinski definition) is 8. The van der Waals surface area contributed by atoms with E-state index < -0.39 is 59.9 Å². The molecule has 6 N–H and O–H groups in total. The molecular formula is C40H72N4O8. The molecule has 0 heterocycles. The molecule has 300 valence electrons. The van der Waals surface area contributed by atoms with Gasteiger partial charge in [-0.2, -0.15) is 0 Å². The molecule has 0 aliphatic heterocycles. The molecule has 12 heteroatoms. The van der Waals surface area contributed by atoms with E-state index in [9.17, 15) is 38.7 Å². The third kappa shape index (κ3) is 22.7. The Balaban J connectivity index is 5.17. The average Bonchev–Trinajstić information content (AvgIpc) is 3.10. The minimum absolute atomic E-state index is 0.0373. The van der Waals surface area contributed by atoms with Crippen LogP contribution < -0.4 is 21.7 Å². The number of unbranched alkanes of at least 4 members (excludes halogenated alkanes) is 12. The van der Waals surface area contributed by atoms with Crippen LogP contribution in [0.1, 0.15) is 170 Å². The summed E-state index contributed by atoms with van der Waals surface area (Å²) in [6.07, 6.45) is 14.2. The van der Waals surface area contributed by atoms with Crippen LogP contribution in [-0.4, -0.2) is 70.8 Å². The van der Waals surface area contributed by atoms with Crippen LogP contribution in [0.3, 0.4) is 0 Å². The SMILES string of the molecule is CCCCCCCCCCCCCCCC(=O)N[C@@H](CCC(N)=O)C(=O)C[C@H](C(=O)NC(C(=O)C[C@@H](C)C(=O)NCC(=O)CC)[C@@H](C)CC)[C@@H](C)O. The molecule has 0 fully saturated rings. The van der Waals surface area contributed by atoms with Crippen LogP contribution in [0.15, 0.2) is 0 Å². The molecule has 52 heavy (non-hydrogen) atoms. The lowest BCUT2D eigenvalue weighted by atomic mass is 9.88. The Morgan fingerprint density at radius 3 is 1.67 bits per heavy atom. The molecule has 1 unspecified atom stereocenters. The maximum atomic E-state index is 13.5. The molecule has 0 aliphatic rings. The Hall–Kier alpha value is -3.15. The van der Waals surface area contributed by atoms with Crippen molar-refractivity contribution in [2.24, 2.45) is 23.5 Å². The van der Waals surface area contributed by atoms with Crippen LogP contribution in [0.5, 0.6) is 0 Å². The van der Waals surface area contributed by atoms with E-state index in [4.69, 9.17) is 5.73 Å². The van der Waals surface area contributed by atoms with Crippen molar-refractivity contribution < 1.29 is 38.7 Å². The van der Waals surface area contributed by atoms with Gasteiger partial charge in [0.1, 0.15) is 0 Å². The summed E-state index contributed by atoms with van der Waals surface area (Å²) in [7, 11) is 0. The maximum Gasteiger partial charge on any atom is 0.226 e. The van der Waals surface area contributed by atoms with Gasteiger partial charge in [0, 0.05) is 38.0 Å². The van der Waals surface area contributed by atoms with Crippen LogP contribution in [-0.2, 0) is 33.6 Å². The normalized spacial score (nSPS) is 14.7. The van der Waals surface area contributed by atoms with E-state index >= 15 is 0 Å². The summed E-state index contributed by atoms with van der Waals surface area (Å²) < 4.78 is 0. The van der Waals surface area contributed by atoms with Gasteiger partial charge in [0.05, 0.1) is 30.7 Å². The van der Waals surface area contributed by atoms with Gasteiger partial charge >= 0.3 is 0 Å². The molecule has 0 radical (unpaired) electrons. The summed E-state index contributed by atoms with van der Waals surface area (Å²) in [5.74, 6) is -5.47. The van der Waals surface area contributed by atoms with Crippen molar-refractivity contribution in [2.45, 2.75) is 188 Å². The van der Waals surface area contributed by atoms with Gasteiger partial charge in [-0.1, -0.05) is 118 Å². The predicted octanol–water partition coefficient (Wildman–Crippen LogP) is 5.40. The van der Waals surface area contributed by atoms with Crippen molar-refractivity contribution >= 4 is 41.0 Å². The van der Waals surface area contributed by atoms with Crippen molar-refractivity contribution in [1.82, 2.24) is 16.0 Å². The van der Waals surface area contributed by atoms with E-state index in [1.165, 1.54) is 64.7 Å². The van der Waals surface area contributed by atoms with Crippen LogP contribution in [0.4, 0.5) is 0 Å². The van der Waals surface area contributed by atoms with Crippen LogP contribution in [0.2, 0.25) is 0 Å². The van der Waals surface area contributed by atoms with Crippen molar-refractivity contribution in [3.05, 3.63) is 0 Å². The number of nitrogens with two attached hydrogens (primary N) is 1. The van der Waals surface area contributed by atoms with Crippen LogP contribution in [0, 0.1) is 17.8 Å². The number of rotatable bonds is 33. The summed E-state index contributed by atoms with van der Waals surface area (Å²) in [5, 5.41) is 18.5. The lowest BCUT2D eigenvalue weighted by molar-refractivity contribution is -0.137. The van der Waals surface area contributed by atoms with Gasteiger partial charge in [0.2, 0.25) is 23.6 Å². The molecule has 0 spiro atoms. The molecule has 6 atom stereocenters. The number of ketones is 3. The molecule has 0 aromatic rings. The Bertz CT molecular complexity index is 1100. The number of nitrogens with one attached hydrogen (secondary N) is 3. The van der Waals surface area contributed by atoms with Crippen molar-refractivity contribution in [3.8, 4) is 0 Å². The number of aliphatic hydroxyl groups excluding tert-OH is 1. The fourth-order valence-corrected chi connectivity index (χ4v) is 6.05. The zero-order valence-corrected chi connectivity index (χ0v) is 33.2. The Labute approximate surface area is 313 Å². The largest absolute Gasteiger partial charge is 0.393 e. The Morgan fingerprint density at radius 1 is 0.654 bits per heavy atom. The summed E-state index contributed by atoms with van der Waals surface area (Å²) in [6.45, 7) is 10.4. The number of carbonyl (C=O) groups is 7. The van der Waals surface area contributed by atoms with Gasteiger partial charge in [-0.3, -0.25) is 33.6 Å². The zero-order chi connectivity index (χ0) is 39.5. The number of amides is 4. The Kier molecular flexibility index (Phi) is 27.5. The smallest absolute Gasteiger partial charge is 0.226 e. The molecule has 12 nitrogen and oxygen atoms in total. The average molecular weight is 737 g/mol. The zero-order valence-electron chi connectivity index (χ0n) is 33.2. The second kappa shape index (κ2) is 29.3. The maximum absolute atomic E-state index is 13.5. The van der Waals surface area contributed by atoms with Gasteiger partial charge in [-0.15, -0.1) is 0 Å². The topological polar surface area (TPSA) is 202 Å². The van der Waals surface area contributed by atoms with E-state index in [1.54, 1.807) is 20.8 Å². The second-order valence-electron chi connectivity index (χ2n) is 14.7. The third-order valence-electron chi connectivity index (χ3n) is 9.92. The van der Waals surface area contributed by atoms with E-state index in [0.29, 0.717) is 12.8 Å². The molecular weight excluding hydrogens is 664 g/mol. The van der Waals surface area contributed by atoms with Crippen LogP contribution >= 0.6 is 0 Å². The quantitative estimate of drug-likeness (QED) is 0.0552. The number of Topliss-reactive ketones (excluding diaryl/α,β-unsaturated/α-hetero) is 3. The fourth-order valence-electron chi connectivity index (χ4n) is 6.05. The lowest BCUT2D eigenvalue weighted by Gasteiger charge is -2.28. The highest BCUT2D eigenvalue weighted by atomic mass is 16.3. The first-order chi connectivity index (χ1) is 24.7. The van der Waals surface area contributed by atoms with Crippen molar-refractivity contribution in [3.63, 3.8) is 0 Å². The molecule has 0 aliphatic carbocycles. The fraction of sp³-hybridized carbons (Fsp3) is 0.825. The van der Waals surface area contributed by atoms with Crippen molar-refractivity contribution in [2.75, 3.05) is 6.54 Å². The standard InChI is InChI=1S/C40H72N4O8/c1-7-10-11-12-13-14-15-16-17-18-19-20-21-22-37(50)43-33(23-24-36(41)49)34(47)26-32(30(6)45)40(52)44-38(28(4)8-2)35(48)25-29(5)39(51)42-27-31(46)9-3/h28-30,32-33,38,45H,7-27H2,1-6H3,(H2,41,49)(H,42,51)(H,43,50)(H,44,52)/t28-,29+,30+,32-,33-,38?/m0/s1. The number of aliphatic hydroxyl groups is 1. The highest BCUT2D eigenvalue weighted by Gasteiger charge is 2.35. The molecule has 0 aromatic heterocycles. The second-order valence-corrected chi connectivity index (χ2v) is 14.7. The van der Waals surface area contributed by atoms with E-state index in [-0.39, 0.29) is 62.0 Å². The highest BCUT2D eigenvalue weighted by molar-refractivity contribution is 5.96. The van der Waals surface area contributed by atoms with Gasteiger partial charge in [0.15, 0.2) is 17.3 Å². The monoisotopic (exact) mass is 737 g/mol. The molecule has 0 bridgehead atoms. The molecule has 0 saturated heterocycles. The summed E-state index contributed by atoms with van der Waals surface area (Å²) >= 11 is 0. The van der Waals surface area contributed by atoms with Crippen molar-refractivity contribution in [1.29, 1.82) is 0 Å². The first kappa shape index (κ1) is 48.9. The van der Waals surface area contributed by atoms with Crippen LogP contribution in [0.25, 0.3) is 0 Å². The molecule has 0 aromatic carbocycles. The number of primary amides is 1. The van der Waals surface area contributed by atoms with Gasteiger partial charge in [-0.05, 0) is 25.7 Å². The minimum atomic E-state index is -1.27. The highest BCUT2D eigenvalue weighted by Crippen LogP contribution is 2.19. The first-order valence-electron chi connectivity index (χ1n) is 20.1. The summed E-state index contributed by atoms with van der Waals surface area (Å²) in [5.41, 5.74) is 5.33. The summed E-state index contributed by atoms with van der Waals surface area (Å²) in [6, 6.07) is -2.05. The number of hydrogen-bond donors (Lipinski definition) is 5. The molecule has 0 saturated carbocycles. The van der Waals surface area contributed by atoms with E-state index in [1.807, 2.05) is 6.92 Å². The third-order valence-corrected chi connectivity index (χ3v) is 9.92. The van der Waals surface area contributed by atoms with E-state index in [2.05, 4.69) is 22.9 Å². The minimum Gasteiger partial charge on any atom is -0.393 e. The van der Waals surface area contributed by atoms with Gasteiger partial charge < -0.3 is 26.8 Å². The summed E-state index contributed by atoms with van der Waals surface area (Å²) in [4.78, 5) is 88.7. The first-order valence-corrected chi connectivity index (χ1v) is 20.1. The molecule has 0 rings (SSSR count). The van der Waals surface area contributed by atoms with E-state index in [0.717, 1.165) is 19.3 Å². The molecule has 4 amide bonds. The Morgan fingerprint density at radius 2 is 1.19 bits per heavy atom. The number of carbonyl (C=O) groups excluding carboxylic acids is 7. The van der Waals surface area contributed by atoms with Gasteiger partial charge in [-0.25, -0.2) is 0 Å². The predicted molar refractivity (Wildman–Crippen MR) is 204 cm³/mol. The van der Waals surface area contributed by atoms with Gasteiger partial charge in [0.25, 0.3) is 0 Å². The lowest BCUT2D eigenvalue weighted by Crippen LogP contribution is -2.51.